The molecule has 1 amide bonds. The molecule has 0 spiro atoms. The summed E-state index contributed by atoms with van der Waals surface area (Å²) in [5.41, 5.74) is 0.970. The molecule has 8 nitrogen and oxygen atoms in total. The molecule has 39 heavy (non-hydrogen) atoms. The molecule has 214 valence electrons. The number of ether oxygens (including phenoxy) is 2. The van der Waals surface area contributed by atoms with E-state index in [2.05, 4.69) is 69.8 Å². The summed E-state index contributed by atoms with van der Waals surface area (Å²) in [5.74, 6) is 2.49. The van der Waals surface area contributed by atoms with Crippen molar-refractivity contribution in [2.24, 2.45) is 10.8 Å². The number of benzene rings is 2. The predicted molar refractivity (Wildman–Crippen MR) is 165 cm³/mol. The summed E-state index contributed by atoms with van der Waals surface area (Å²) in [7, 11) is 4.73. The van der Waals surface area contributed by atoms with E-state index in [-0.39, 0.29) is 11.3 Å². The number of nitrogens with one attached hydrogen (secondary N) is 1. The van der Waals surface area contributed by atoms with Gasteiger partial charge < -0.3 is 14.8 Å². The van der Waals surface area contributed by atoms with Gasteiger partial charge in [0.25, 0.3) is 5.91 Å². The van der Waals surface area contributed by atoms with Gasteiger partial charge in [-0.05, 0) is 48.8 Å². The van der Waals surface area contributed by atoms with Crippen molar-refractivity contribution in [2.45, 2.75) is 47.6 Å². The zero-order valence-corrected chi connectivity index (χ0v) is 26.9. The fraction of sp³-hybridized carbons (Fsp3) is 0.483. The van der Waals surface area contributed by atoms with E-state index in [1.807, 2.05) is 45.0 Å². The SMILES string of the molecule is COc1cc2c(NCc3cccc(Br)c3)nc(C)nc2cc1OCC(C)(C)CC(C)(C)C(=O)N(C)OC.CS. The minimum atomic E-state index is -0.621. The number of anilines is 1. The molecular weight excluding hydrogens is 580 g/mol. The van der Waals surface area contributed by atoms with Crippen molar-refractivity contribution in [1.29, 1.82) is 0 Å². The van der Waals surface area contributed by atoms with Crippen LogP contribution in [-0.2, 0) is 16.2 Å². The standard InChI is InChI=1S/C28H37BrN4O4.CH4S/c1-18-31-22-14-24(37-17-27(2,3)16-28(4,5)26(34)33(6)36-8)23(35-7)13-21(22)25(32-18)30-15-19-10-9-11-20(29)12-19;1-2/h9-14H,15-17H2,1-8H3,(H,30,31,32);2H,1H3. The maximum Gasteiger partial charge on any atom is 0.251 e. The van der Waals surface area contributed by atoms with E-state index in [1.54, 1.807) is 20.4 Å². The quantitative estimate of drug-likeness (QED) is 0.182. The molecule has 0 aliphatic rings. The van der Waals surface area contributed by atoms with Crippen molar-refractivity contribution in [3.63, 3.8) is 0 Å². The van der Waals surface area contributed by atoms with Gasteiger partial charge in [0.1, 0.15) is 11.6 Å². The summed E-state index contributed by atoms with van der Waals surface area (Å²) in [4.78, 5) is 27.1. The molecule has 0 unspecified atom stereocenters. The van der Waals surface area contributed by atoms with E-state index < -0.39 is 5.41 Å². The Morgan fingerprint density at radius 1 is 1.08 bits per heavy atom. The van der Waals surface area contributed by atoms with Crippen molar-refractivity contribution in [2.75, 3.05) is 39.4 Å². The van der Waals surface area contributed by atoms with E-state index in [9.17, 15) is 4.79 Å². The highest BCUT2D eigenvalue weighted by Gasteiger charge is 2.37. The normalized spacial score (nSPS) is 11.5. The minimum absolute atomic E-state index is 0.0820. The van der Waals surface area contributed by atoms with Crippen LogP contribution in [0.1, 0.15) is 45.5 Å². The third-order valence-corrected chi connectivity index (χ3v) is 6.61. The molecule has 2 aromatic carbocycles. The van der Waals surface area contributed by atoms with E-state index in [1.165, 1.54) is 12.2 Å². The zero-order chi connectivity index (χ0) is 29.4. The maximum absolute atomic E-state index is 12.7. The third kappa shape index (κ3) is 8.98. The molecule has 3 rings (SSSR count). The maximum atomic E-state index is 12.7. The van der Waals surface area contributed by atoms with Crippen molar-refractivity contribution in [3.8, 4) is 11.5 Å². The van der Waals surface area contributed by atoms with Gasteiger partial charge in [0.2, 0.25) is 0 Å². The van der Waals surface area contributed by atoms with Gasteiger partial charge in [-0.3, -0.25) is 9.63 Å². The van der Waals surface area contributed by atoms with Gasteiger partial charge >= 0.3 is 0 Å². The highest BCUT2D eigenvalue weighted by atomic mass is 79.9. The van der Waals surface area contributed by atoms with Gasteiger partial charge in [0, 0.05) is 34.9 Å². The Morgan fingerprint density at radius 2 is 1.77 bits per heavy atom. The van der Waals surface area contributed by atoms with Crippen LogP contribution in [0.3, 0.4) is 0 Å². The predicted octanol–water partition coefficient (Wildman–Crippen LogP) is 6.71. The summed E-state index contributed by atoms with van der Waals surface area (Å²) in [5, 5.41) is 5.55. The van der Waals surface area contributed by atoms with E-state index >= 15 is 0 Å². The van der Waals surface area contributed by atoms with Gasteiger partial charge in [-0.2, -0.15) is 12.6 Å². The highest BCUT2D eigenvalue weighted by Crippen LogP contribution is 2.38. The third-order valence-electron chi connectivity index (χ3n) is 6.12. The Kier molecular flexibility index (Phi) is 11.9. The van der Waals surface area contributed by atoms with Crippen molar-refractivity contribution < 1.29 is 19.1 Å². The van der Waals surface area contributed by atoms with Gasteiger partial charge in [-0.1, -0.05) is 55.8 Å². The summed E-state index contributed by atoms with van der Waals surface area (Å²) in [6.07, 6.45) is 2.30. The molecular formula is C29H41BrN4O4S. The summed E-state index contributed by atoms with van der Waals surface area (Å²) < 4.78 is 13.0. The number of aryl methyl sites for hydroxylation is 1. The van der Waals surface area contributed by atoms with E-state index in [4.69, 9.17) is 14.3 Å². The fourth-order valence-corrected chi connectivity index (χ4v) is 5.04. The van der Waals surface area contributed by atoms with Crippen LogP contribution >= 0.6 is 28.6 Å². The summed E-state index contributed by atoms with van der Waals surface area (Å²) >= 11 is 7.05. The van der Waals surface area contributed by atoms with Gasteiger partial charge in [-0.15, -0.1) is 0 Å². The van der Waals surface area contributed by atoms with Crippen LogP contribution in [0.15, 0.2) is 40.9 Å². The molecule has 0 aliphatic carbocycles. The Balaban J connectivity index is 0.00000260. The average Bonchev–Trinajstić information content (AvgIpc) is 2.89. The Morgan fingerprint density at radius 3 is 2.38 bits per heavy atom. The molecule has 1 heterocycles. The Bertz CT molecular complexity index is 1270. The second-order valence-electron chi connectivity index (χ2n) is 10.6. The first kappa shape index (κ1) is 32.7. The number of thiol groups is 1. The summed E-state index contributed by atoms with van der Waals surface area (Å²) in [6.45, 7) is 10.9. The van der Waals surface area contributed by atoms with Crippen molar-refractivity contribution in [1.82, 2.24) is 15.0 Å². The lowest BCUT2D eigenvalue weighted by atomic mass is 9.75. The second kappa shape index (κ2) is 14.2. The largest absolute Gasteiger partial charge is 0.493 e. The first-order valence-corrected chi connectivity index (χ1v) is 14.3. The molecule has 0 radical (unpaired) electrons. The van der Waals surface area contributed by atoms with Crippen molar-refractivity contribution in [3.05, 3.63) is 52.3 Å². The average molecular weight is 622 g/mol. The lowest BCUT2D eigenvalue weighted by Crippen LogP contribution is -2.41. The molecule has 0 saturated carbocycles. The van der Waals surface area contributed by atoms with Crippen LogP contribution in [0.5, 0.6) is 11.5 Å². The zero-order valence-electron chi connectivity index (χ0n) is 24.4. The van der Waals surface area contributed by atoms with Crippen molar-refractivity contribution >= 4 is 51.2 Å². The smallest absolute Gasteiger partial charge is 0.251 e. The summed E-state index contributed by atoms with van der Waals surface area (Å²) in [6, 6.07) is 11.9. The number of halogens is 1. The van der Waals surface area contributed by atoms with Crippen LogP contribution in [0.4, 0.5) is 5.82 Å². The van der Waals surface area contributed by atoms with Crippen LogP contribution in [0, 0.1) is 17.8 Å². The number of hydrogen-bond acceptors (Lipinski definition) is 8. The van der Waals surface area contributed by atoms with E-state index in [0.717, 1.165) is 26.8 Å². The Labute approximate surface area is 246 Å². The number of hydroxylamine groups is 2. The lowest BCUT2D eigenvalue weighted by molar-refractivity contribution is -0.180. The highest BCUT2D eigenvalue weighted by molar-refractivity contribution is 9.10. The van der Waals surface area contributed by atoms with Crippen LogP contribution in [-0.4, -0.2) is 55.1 Å². The van der Waals surface area contributed by atoms with Crippen LogP contribution in [0.2, 0.25) is 0 Å². The van der Waals surface area contributed by atoms with Crippen LogP contribution < -0.4 is 14.8 Å². The number of aromatic nitrogens is 2. The molecule has 0 saturated heterocycles. The minimum Gasteiger partial charge on any atom is -0.493 e. The molecule has 0 aliphatic heterocycles. The van der Waals surface area contributed by atoms with Gasteiger partial charge in [-0.25, -0.2) is 15.0 Å². The molecule has 10 heteroatoms. The molecule has 0 atom stereocenters. The number of fused-ring (bicyclic) bond motifs is 1. The monoisotopic (exact) mass is 620 g/mol. The van der Waals surface area contributed by atoms with Gasteiger partial charge in [0.05, 0.1) is 26.3 Å². The molecule has 1 aromatic heterocycles. The molecule has 0 fully saturated rings. The first-order chi connectivity index (χ1) is 18.3. The number of amides is 1. The molecule has 3 aromatic rings. The number of rotatable bonds is 11. The fourth-order valence-electron chi connectivity index (χ4n) is 4.60. The number of nitrogens with zero attached hydrogens (tertiary/aromatic N) is 3. The van der Waals surface area contributed by atoms with Crippen LogP contribution in [0.25, 0.3) is 10.9 Å². The second-order valence-corrected chi connectivity index (χ2v) is 11.5. The number of carbonyl (C=O) groups excluding carboxylic acids is 1. The number of hydrogen-bond donors (Lipinski definition) is 2. The van der Waals surface area contributed by atoms with E-state index in [0.29, 0.717) is 36.9 Å². The van der Waals surface area contributed by atoms with Gasteiger partial charge in [0.15, 0.2) is 11.5 Å². The lowest BCUT2D eigenvalue weighted by Gasteiger charge is -2.35. The molecule has 1 N–H and O–H groups in total. The Hall–Kier alpha value is -2.56. The topological polar surface area (TPSA) is 85.8 Å². The number of carbonyl (C=O) groups is 1. The number of methoxy groups -OCH3 is 1. The molecule has 0 bridgehead atoms. The first-order valence-electron chi connectivity index (χ1n) is 12.6.